The van der Waals surface area contributed by atoms with Crippen LogP contribution >= 0.6 is 0 Å². The van der Waals surface area contributed by atoms with Crippen LogP contribution in [0.1, 0.15) is 38.3 Å². The fourth-order valence-electron chi connectivity index (χ4n) is 4.42. The number of fused-ring (bicyclic) bond motifs is 1. The summed E-state index contributed by atoms with van der Waals surface area (Å²) in [6.07, 6.45) is 3.73. The van der Waals surface area contributed by atoms with Crippen LogP contribution in [0.4, 0.5) is 0 Å². The molecule has 140 valence electrons. The third-order valence-corrected chi connectivity index (χ3v) is 6.20. The predicted molar refractivity (Wildman–Crippen MR) is 106 cm³/mol. The van der Waals surface area contributed by atoms with E-state index in [1.54, 1.807) is 0 Å². The molecule has 4 heteroatoms. The van der Waals surface area contributed by atoms with Gasteiger partial charge in [-0.1, -0.05) is 35.9 Å². The maximum Gasteiger partial charge on any atom is 0.226 e. The fraction of sp³-hybridized carbons (Fsp3) is 0.591. The monoisotopic (exact) mass is 353 g/mol. The number of rotatable bonds is 3. The molecule has 2 heterocycles. The largest absolute Gasteiger partial charge is 0.339 e. The molecule has 4 nitrogen and oxygen atoms in total. The minimum atomic E-state index is 0.264. The Hall–Kier alpha value is -1.65. The van der Waals surface area contributed by atoms with Crippen LogP contribution in [0, 0.1) is 0 Å². The number of piperazine rings is 1. The molecule has 3 aliphatic rings. The highest BCUT2D eigenvalue weighted by Gasteiger charge is 2.37. The van der Waals surface area contributed by atoms with E-state index in [-0.39, 0.29) is 5.54 Å². The zero-order valence-electron chi connectivity index (χ0n) is 16.4. The van der Waals surface area contributed by atoms with Gasteiger partial charge in [0, 0.05) is 57.3 Å². The summed E-state index contributed by atoms with van der Waals surface area (Å²) in [6.45, 7) is 13.2. The van der Waals surface area contributed by atoms with E-state index in [1.165, 1.54) is 16.7 Å². The molecular formula is C22H31N3O. The van der Waals surface area contributed by atoms with Gasteiger partial charge in [-0.15, -0.1) is 0 Å². The highest BCUT2D eigenvalue weighted by atomic mass is 16.2. The summed E-state index contributed by atoms with van der Waals surface area (Å²) in [5.41, 5.74) is 4.17. The van der Waals surface area contributed by atoms with Gasteiger partial charge in [-0.2, -0.15) is 0 Å². The van der Waals surface area contributed by atoms with Crippen molar-refractivity contribution in [3.8, 4) is 0 Å². The molecule has 0 saturated carbocycles. The minimum absolute atomic E-state index is 0.264. The van der Waals surface area contributed by atoms with Crippen molar-refractivity contribution in [3.63, 3.8) is 0 Å². The van der Waals surface area contributed by atoms with E-state index in [4.69, 9.17) is 0 Å². The molecular weight excluding hydrogens is 322 g/mol. The van der Waals surface area contributed by atoms with E-state index in [9.17, 15) is 4.79 Å². The third-order valence-electron chi connectivity index (χ3n) is 6.20. The van der Waals surface area contributed by atoms with Crippen molar-refractivity contribution in [2.45, 2.75) is 45.2 Å². The summed E-state index contributed by atoms with van der Waals surface area (Å²) in [7, 11) is 0. The molecule has 0 bridgehead atoms. The van der Waals surface area contributed by atoms with E-state index in [0.717, 1.165) is 45.7 Å². The normalized spacial score (nSPS) is 22.1. The average molecular weight is 354 g/mol. The molecule has 26 heavy (non-hydrogen) atoms. The van der Waals surface area contributed by atoms with Crippen LogP contribution in [0.2, 0.25) is 0 Å². The second kappa shape index (κ2) is 6.82. The summed E-state index contributed by atoms with van der Waals surface area (Å²) >= 11 is 0. The number of amides is 1. The van der Waals surface area contributed by atoms with E-state index in [2.05, 4.69) is 60.9 Å². The van der Waals surface area contributed by atoms with Crippen molar-refractivity contribution >= 4 is 12.0 Å². The molecule has 0 spiro atoms. The van der Waals surface area contributed by atoms with Gasteiger partial charge in [-0.25, -0.2) is 0 Å². The SMILES string of the molecule is CC(C)(C)N1CCN(C2CN(C(=O)CC3=Cc4ccccc4C3)C2)CC1. The summed E-state index contributed by atoms with van der Waals surface area (Å²) < 4.78 is 0. The molecule has 1 aromatic rings. The molecule has 0 aromatic heterocycles. The summed E-state index contributed by atoms with van der Waals surface area (Å²) in [6, 6.07) is 9.02. The molecule has 2 fully saturated rings. The number of hydrogen-bond acceptors (Lipinski definition) is 3. The van der Waals surface area contributed by atoms with Gasteiger partial charge < -0.3 is 4.90 Å². The first-order chi connectivity index (χ1) is 12.4. The van der Waals surface area contributed by atoms with Crippen molar-refractivity contribution in [2.24, 2.45) is 0 Å². The first kappa shape index (κ1) is 17.7. The lowest BCUT2D eigenvalue weighted by Gasteiger charge is -2.50. The van der Waals surface area contributed by atoms with E-state index >= 15 is 0 Å². The Morgan fingerprint density at radius 1 is 1.08 bits per heavy atom. The predicted octanol–water partition coefficient (Wildman–Crippen LogP) is 2.64. The lowest BCUT2D eigenvalue weighted by atomic mass is 10.0. The fourth-order valence-corrected chi connectivity index (χ4v) is 4.42. The third kappa shape index (κ3) is 3.58. The van der Waals surface area contributed by atoms with Crippen LogP contribution in [0.5, 0.6) is 0 Å². The van der Waals surface area contributed by atoms with Gasteiger partial charge in [-0.3, -0.25) is 14.6 Å². The van der Waals surface area contributed by atoms with Gasteiger partial charge in [0.1, 0.15) is 0 Å². The standard InChI is InChI=1S/C22H31N3O/c1-22(2,3)25-10-8-23(9-11-25)20-15-24(16-20)21(26)14-17-12-18-6-4-5-7-19(18)13-17/h4-7,12,20H,8-11,13-16H2,1-3H3. The van der Waals surface area contributed by atoms with Gasteiger partial charge >= 0.3 is 0 Å². The first-order valence-corrected chi connectivity index (χ1v) is 9.94. The maximum absolute atomic E-state index is 12.6. The summed E-state index contributed by atoms with van der Waals surface area (Å²) in [5.74, 6) is 0.300. The van der Waals surface area contributed by atoms with Gasteiger partial charge in [0.25, 0.3) is 0 Å². The van der Waals surface area contributed by atoms with Crippen LogP contribution in [-0.2, 0) is 11.2 Å². The Balaban J connectivity index is 1.23. The highest BCUT2D eigenvalue weighted by molar-refractivity contribution is 5.82. The van der Waals surface area contributed by atoms with Gasteiger partial charge in [-0.05, 0) is 38.3 Å². The van der Waals surface area contributed by atoms with Gasteiger partial charge in [0.2, 0.25) is 5.91 Å². The molecule has 0 atom stereocenters. The molecule has 0 unspecified atom stereocenters. The molecule has 2 aliphatic heterocycles. The second-order valence-corrected chi connectivity index (χ2v) is 9.00. The van der Waals surface area contributed by atoms with Gasteiger partial charge in [0.05, 0.1) is 0 Å². The minimum Gasteiger partial charge on any atom is -0.339 e. The molecule has 1 amide bonds. The van der Waals surface area contributed by atoms with E-state index < -0.39 is 0 Å². The topological polar surface area (TPSA) is 26.8 Å². The quantitative estimate of drug-likeness (QED) is 0.836. The lowest BCUT2D eigenvalue weighted by Crippen LogP contribution is -2.65. The van der Waals surface area contributed by atoms with Crippen molar-refractivity contribution in [1.29, 1.82) is 0 Å². The molecule has 0 radical (unpaired) electrons. The molecule has 1 aromatic carbocycles. The Morgan fingerprint density at radius 3 is 2.42 bits per heavy atom. The molecule has 2 saturated heterocycles. The van der Waals surface area contributed by atoms with Crippen LogP contribution < -0.4 is 0 Å². The average Bonchev–Trinajstić information content (AvgIpc) is 2.95. The zero-order valence-corrected chi connectivity index (χ0v) is 16.4. The smallest absolute Gasteiger partial charge is 0.226 e. The Labute approximate surface area is 157 Å². The number of carbonyl (C=O) groups is 1. The molecule has 0 N–H and O–H groups in total. The summed E-state index contributed by atoms with van der Waals surface area (Å²) in [4.78, 5) is 19.8. The number of carbonyl (C=O) groups excluding carboxylic acids is 1. The van der Waals surface area contributed by atoms with Crippen molar-refractivity contribution in [1.82, 2.24) is 14.7 Å². The van der Waals surface area contributed by atoms with Crippen LogP contribution in [-0.4, -0.2) is 71.5 Å². The maximum atomic E-state index is 12.6. The Kier molecular flexibility index (Phi) is 4.66. The van der Waals surface area contributed by atoms with Crippen molar-refractivity contribution < 1.29 is 4.79 Å². The molecule has 1 aliphatic carbocycles. The zero-order chi connectivity index (χ0) is 18.3. The van der Waals surface area contributed by atoms with Crippen LogP contribution in [0.25, 0.3) is 6.08 Å². The number of hydrogen-bond donors (Lipinski definition) is 0. The highest BCUT2D eigenvalue weighted by Crippen LogP contribution is 2.28. The Morgan fingerprint density at radius 2 is 1.77 bits per heavy atom. The van der Waals surface area contributed by atoms with Crippen LogP contribution in [0.15, 0.2) is 29.8 Å². The van der Waals surface area contributed by atoms with E-state index in [0.29, 0.717) is 18.4 Å². The number of benzene rings is 1. The van der Waals surface area contributed by atoms with Gasteiger partial charge in [0.15, 0.2) is 0 Å². The van der Waals surface area contributed by atoms with E-state index in [1.807, 2.05) is 4.90 Å². The summed E-state index contributed by atoms with van der Waals surface area (Å²) in [5, 5.41) is 0. The van der Waals surface area contributed by atoms with Crippen molar-refractivity contribution in [2.75, 3.05) is 39.3 Å². The first-order valence-electron chi connectivity index (χ1n) is 9.94. The van der Waals surface area contributed by atoms with Crippen molar-refractivity contribution in [3.05, 3.63) is 41.0 Å². The Bertz CT molecular complexity index is 704. The van der Waals surface area contributed by atoms with Crippen LogP contribution in [0.3, 0.4) is 0 Å². The molecule has 4 rings (SSSR count). The lowest BCUT2D eigenvalue weighted by molar-refractivity contribution is -0.138. The second-order valence-electron chi connectivity index (χ2n) is 9.00. The number of nitrogens with zero attached hydrogens (tertiary/aromatic N) is 3. The number of likely N-dealkylation sites (tertiary alicyclic amines) is 1.